The van der Waals surface area contributed by atoms with Gasteiger partial charge in [0.15, 0.2) is 11.5 Å². The zero-order valence-corrected chi connectivity index (χ0v) is 22.6. The van der Waals surface area contributed by atoms with Crippen molar-refractivity contribution >= 4 is 12.1 Å². The molecule has 2 aromatic rings. The van der Waals surface area contributed by atoms with E-state index in [2.05, 4.69) is 4.90 Å². The number of benzene rings is 2. The molecule has 0 unspecified atom stereocenters. The molecule has 2 aromatic carbocycles. The van der Waals surface area contributed by atoms with Gasteiger partial charge in [-0.1, -0.05) is 39.0 Å². The Morgan fingerprint density at radius 3 is 2.45 bits per heavy atom. The van der Waals surface area contributed by atoms with Gasteiger partial charge in [-0.3, -0.25) is 9.69 Å². The minimum absolute atomic E-state index is 0.159. The van der Waals surface area contributed by atoms with Crippen molar-refractivity contribution in [1.29, 1.82) is 0 Å². The van der Waals surface area contributed by atoms with Crippen LogP contribution in [0.2, 0.25) is 0 Å². The lowest BCUT2D eigenvalue weighted by molar-refractivity contribution is -0.143. The second-order valence-electron chi connectivity index (χ2n) is 10.3. The van der Waals surface area contributed by atoms with E-state index in [1.807, 2.05) is 63.2 Å². The van der Waals surface area contributed by atoms with Gasteiger partial charge in [0.25, 0.3) is 0 Å². The normalized spacial score (nSPS) is 20.5. The van der Waals surface area contributed by atoms with Gasteiger partial charge in [-0.25, -0.2) is 4.79 Å². The summed E-state index contributed by atoms with van der Waals surface area (Å²) < 4.78 is 21.9. The molecule has 2 aliphatic rings. The summed E-state index contributed by atoms with van der Waals surface area (Å²) >= 11 is 0. The molecule has 0 spiro atoms. The number of rotatable bonds is 11. The van der Waals surface area contributed by atoms with Crippen LogP contribution in [0.1, 0.15) is 50.3 Å². The first-order valence-corrected chi connectivity index (χ1v) is 13.2. The first-order valence-electron chi connectivity index (χ1n) is 13.2. The first kappa shape index (κ1) is 27.6. The largest absolute Gasteiger partial charge is 0.497 e. The average molecular weight is 527 g/mol. The number of fused-ring (bicyclic) bond motifs is 1. The van der Waals surface area contributed by atoms with E-state index in [0.717, 1.165) is 17.5 Å². The molecule has 1 fully saturated rings. The van der Waals surface area contributed by atoms with Gasteiger partial charge in [0.05, 0.1) is 19.6 Å². The van der Waals surface area contributed by atoms with Crippen molar-refractivity contribution in [2.24, 2.45) is 11.8 Å². The lowest BCUT2D eigenvalue weighted by atomic mass is 9.82. The van der Waals surface area contributed by atoms with Crippen LogP contribution in [0.15, 0.2) is 42.5 Å². The van der Waals surface area contributed by atoms with E-state index in [-0.39, 0.29) is 30.8 Å². The molecule has 38 heavy (non-hydrogen) atoms. The predicted octanol–water partition coefficient (Wildman–Crippen LogP) is 4.77. The fourth-order valence-electron chi connectivity index (χ4n) is 5.28. The van der Waals surface area contributed by atoms with Gasteiger partial charge in [-0.15, -0.1) is 0 Å². The van der Waals surface area contributed by atoms with Crippen LogP contribution >= 0.6 is 0 Å². The third-order valence-corrected chi connectivity index (χ3v) is 7.11. The molecule has 1 saturated heterocycles. The van der Waals surface area contributed by atoms with Crippen molar-refractivity contribution in [2.75, 3.05) is 46.7 Å². The Bertz CT molecular complexity index is 1100. The molecule has 1 N–H and O–H groups in total. The van der Waals surface area contributed by atoms with Gasteiger partial charge in [0, 0.05) is 38.1 Å². The van der Waals surface area contributed by atoms with Gasteiger partial charge >= 0.3 is 12.1 Å². The smallest absolute Gasteiger partial charge is 0.409 e. The molecule has 3 atom stereocenters. The van der Waals surface area contributed by atoms with E-state index >= 15 is 0 Å². The highest BCUT2D eigenvalue weighted by molar-refractivity contribution is 5.74. The van der Waals surface area contributed by atoms with Gasteiger partial charge in [0.2, 0.25) is 6.79 Å². The Morgan fingerprint density at radius 2 is 1.79 bits per heavy atom. The predicted molar refractivity (Wildman–Crippen MR) is 142 cm³/mol. The minimum atomic E-state index is -0.863. The number of hydrogen-bond donors (Lipinski definition) is 1. The highest BCUT2D eigenvalue weighted by Crippen LogP contribution is 2.47. The number of amides is 1. The SMILES string of the molecule is CCCN(CCN1C[C@H](c2ccc3c(c2)OCO3)[C@H](C(=O)O)[C@H]1c1ccc(OC)cc1)C(=O)OCC(C)C. The monoisotopic (exact) mass is 526 g/mol. The topological polar surface area (TPSA) is 97.8 Å². The fraction of sp³-hybridized carbons (Fsp3) is 0.517. The maximum Gasteiger partial charge on any atom is 0.409 e. The van der Waals surface area contributed by atoms with Crippen LogP contribution in [-0.2, 0) is 9.53 Å². The lowest BCUT2D eigenvalue weighted by Crippen LogP contribution is -2.40. The number of carboxylic acid groups (broad SMARTS) is 1. The number of carbonyl (C=O) groups excluding carboxylic acids is 1. The Balaban J connectivity index is 1.62. The molecule has 0 bridgehead atoms. The van der Waals surface area contributed by atoms with Gasteiger partial charge in [0.1, 0.15) is 5.75 Å². The highest BCUT2D eigenvalue weighted by Gasteiger charge is 2.47. The van der Waals surface area contributed by atoms with Crippen LogP contribution < -0.4 is 14.2 Å². The molecule has 4 rings (SSSR count). The Hall–Kier alpha value is -3.46. The summed E-state index contributed by atoms with van der Waals surface area (Å²) in [6, 6.07) is 12.8. The highest BCUT2D eigenvalue weighted by atomic mass is 16.7. The second-order valence-corrected chi connectivity index (χ2v) is 10.3. The number of ether oxygens (including phenoxy) is 4. The van der Waals surface area contributed by atoms with E-state index < -0.39 is 11.9 Å². The molecule has 9 heteroatoms. The summed E-state index contributed by atoms with van der Waals surface area (Å²) in [7, 11) is 1.60. The van der Waals surface area contributed by atoms with Gasteiger partial charge in [-0.05, 0) is 47.7 Å². The maximum atomic E-state index is 12.8. The molecule has 2 heterocycles. The molecule has 0 saturated carbocycles. The molecule has 0 aromatic heterocycles. The summed E-state index contributed by atoms with van der Waals surface area (Å²) in [5, 5.41) is 10.5. The average Bonchev–Trinajstić information content (AvgIpc) is 3.54. The van der Waals surface area contributed by atoms with Gasteiger partial charge in [-0.2, -0.15) is 0 Å². The zero-order chi connectivity index (χ0) is 27.2. The fourth-order valence-corrected chi connectivity index (χ4v) is 5.28. The number of carboxylic acids is 1. The second kappa shape index (κ2) is 12.4. The van der Waals surface area contributed by atoms with Crippen LogP contribution in [0.4, 0.5) is 4.79 Å². The number of carbonyl (C=O) groups is 2. The third-order valence-electron chi connectivity index (χ3n) is 7.11. The number of methoxy groups -OCH3 is 1. The molecule has 1 amide bonds. The molecular weight excluding hydrogens is 488 g/mol. The van der Waals surface area contributed by atoms with Crippen LogP contribution in [0.3, 0.4) is 0 Å². The number of nitrogens with zero attached hydrogens (tertiary/aromatic N) is 2. The number of hydrogen-bond acceptors (Lipinski definition) is 7. The van der Waals surface area contributed by atoms with E-state index in [0.29, 0.717) is 50.0 Å². The Kier molecular flexibility index (Phi) is 8.99. The van der Waals surface area contributed by atoms with Gasteiger partial charge < -0.3 is 29.0 Å². The molecule has 0 aliphatic carbocycles. The van der Waals surface area contributed by atoms with Crippen molar-refractivity contribution in [3.63, 3.8) is 0 Å². The van der Waals surface area contributed by atoms with E-state index in [1.165, 1.54) is 0 Å². The van der Waals surface area contributed by atoms with E-state index in [4.69, 9.17) is 18.9 Å². The molecular formula is C29H38N2O7. The summed E-state index contributed by atoms with van der Waals surface area (Å²) in [4.78, 5) is 29.5. The van der Waals surface area contributed by atoms with Crippen molar-refractivity contribution in [3.05, 3.63) is 53.6 Å². The standard InChI is InChI=1S/C29H38N2O7/c1-5-12-30(29(34)36-17-19(2)3)13-14-31-16-23(21-8-11-24-25(15-21)38-18-37-24)26(28(32)33)27(31)20-6-9-22(35-4)10-7-20/h6-11,15,19,23,26-27H,5,12-14,16-18H2,1-4H3,(H,32,33)/t23-,26+,27-/m1/s1. The Morgan fingerprint density at radius 1 is 1.08 bits per heavy atom. The summed E-state index contributed by atoms with van der Waals surface area (Å²) in [5.74, 6) is 0.416. The lowest BCUT2D eigenvalue weighted by Gasteiger charge is -2.30. The van der Waals surface area contributed by atoms with Crippen molar-refractivity contribution in [2.45, 2.75) is 39.2 Å². The van der Waals surface area contributed by atoms with Crippen LogP contribution in [0, 0.1) is 11.8 Å². The summed E-state index contributed by atoms with van der Waals surface area (Å²) in [6.45, 7) is 8.61. The van der Waals surface area contributed by atoms with E-state index in [1.54, 1.807) is 12.0 Å². The van der Waals surface area contributed by atoms with Crippen LogP contribution in [-0.4, -0.2) is 73.7 Å². The molecule has 9 nitrogen and oxygen atoms in total. The third kappa shape index (κ3) is 6.15. The van der Waals surface area contributed by atoms with Crippen LogP contribution in [0.25, 0.3) is 0 Å². The van der Waals surface area contributed by atoms with Crippen LogP contribution in [0.5, 0.6) is 17.2 Å². The first-order chi connectivity index (χ1) is 18.3. The zero-order valence-electron chi connectivity index (χ0n) is 22.6. The van der Waals surface area contributed by atoms with Crippen molar-refractivity contribution < 1.29 is 33.6 Å². The summed E-state index contributed by atoms with van der Waals surface area (Å²) in [5.41, 5.74) is 1.79. The minimum Gasteiger partial charge on any atom is -0.497 e. The maximum absolute atomic E-state index is 12.8. The van der Waals surface area contributed by atoms with Crippen molar-refractivity contribution in [3.8, 4) is 17.2 Å². The number of aliphatic carboxylic acids is 1. The molecule has 0 radical (unpaired) electrons. The summed E-state index contributed by atoms with van der Waals surface area (Å²) in [6.07, 6.45) is 0.471. The Labute approximate surface area is 224 Å². The molecule has 2 aliphatic heterocycles. The molecule has 206 valence electrons. The van der Waals surface area contributed by atoms with Crippen molar-refractivity contribution in [1.82, 2.24) is 9.80 Å². The number of likely N-dealkylation sites (tertiary alicyclic amines) is 1. The van der Waals surface area contributed by atoms with E-state index in [9.17, 15) is 14.7 Å². The quantitative estimate of drug-likeness (QED) is 0.447.